The topological polar surface area (TPSA) is 52.6 Å². The molecule has 0 aliphatic rings. The van der Waals surface area contributed by atoms with Gasteiger partial charge in [0.2, 0.25) is 0 Å². The highest BCUT2D eigenvalue weighted by Crippen LogP contribution is 2.07. The Morgan fingerprint density at radius 1 is 1.13 bits per heavy atom. The number of carbonyl (C=O) groups is 2. The van der Waals surface area contributed by atoms with Gasteiger partial charge in [-0.1, -0.05) is 13.3 Å². The number of hydrogen-bond donors (Lipinski definition) is 0. The molecule has 0 saturated heterocycles. The molecular formula is C11H20O4. The summed E-state index contributed by atoms with van der Waals surface area (Å²) in [4.78, 5) is 22.2. The van der Waals surface area contributed by atoms with E-state index in [0.717, 1.165) is 12.8 Å². The van der Waals surface area contributed by atoms with Crippen molar-refractivity contribution in [2.75, 3.05) is 6.61 Å². The summed E-state index contributed by atoms with van der Waals surface area (Å²) in [7, 11) is 0. The minimum Gasteiger partial charge on any atom is -0.457 e. The summed E-state index contributed by atoms with van der Waals surface area (Å²) in [5, 5.41) is 0. The normalized spacial score (nSPS) is 10.9. The number of ether oxygens (including phenoxy) is 2. The Hall–Kier alpha value is -1.06. The lowest BCUT2D eigenvalue weighted by molar-refractivity contribution is -0.166. The van der Waals surface area contributed by atoms with E-state index in [9.17, 15) is 9.59 Å². The van der Waals surface area contributed by atoms with Crippen LogP contribution in [0.3, 0.4) is 0 Å². The molecule has 0 amide bonds. The molecule has 0 unspecified atom stereocenters. The van der Waals surface area contributed by atoms with Crippen LogP contribution in [0.2, 0.25) is 0 Å². The smallest absolute Gasteiger partial charge is 0.344 e. The van der Waals surface area contributed by atoms with Crippen molar-refractivity contribution >= 4 is 11.9 Å². The van der Waals surface area contributed by atoms with Gasteiger partial charge in [0.15, 0.2) is 6.61 Å². The highest BCUT2D eigenvalue weighted by atomic mass is 16.6. The molecule has 0 rings (SSSR count). The maximum atomic E-state index is 11.1. The molecular weight excluding hydrogens is 196 g/mol. The summed E-state index contributed by atoms with van der Waals surface area (Å²) < 4.78 is 9.71. The Morgan fingerprint density at radius 3 is 2.20 bits per heavy atom. The summed E-state index contributed by atoms with van der Waals surface area (Å²) in [6, 6.07) is 0. The van der Waals surface area contributed by atoms with Crippen LogP contribution in [0.1, 0.15) is 47.0 Å². The van der Waals surface area contributed by atoms with Crippen LogP contribution in [0.5, 0.6) is 0 Å². The van der Waals surface area contributed by atoms with Gasteiger partial charge < -0.3 is 9.47 Å². The van der Waals surface area contributed by atoms with E-state index in [0.29, 0.717) is 6.42 Å². The molecule has 0 fully saturated rings. The van der Waals surface area contributed by atoms with Crippen molar-refractivity contribution in [1.29, 1.82) is 0 Å². The van der Waals surface area contributed by atoms with E-state index in [1.54, 1.807) is 20.8 Å². The molecule has 88 valence electrons. The van der Waals surface area contributed by atoms with Crippen LogP contribution in [0.25, 0.3) is 0 Å². The molecule has 0 aliphatic heterocycles. The first-order chi connectivity index (χ1) is 6.85. The summed E-state index contributed by atoms with van der Waals surface area (Å²) in [5.41, 5.74) is -0.535. The molecule has 0 heterocycles. The van der Waals surface area contributed by atoms with Crippen LogP contribution in [0.15, 0.2) is 0 Å². The lowest BCUT2D eigenvalue weighted by Crippen LogP contribution is -2.27. The van der Waals surface area contributed by atoms with Gasteiger partial charge >= 0.3 is 11.9 Å². The van der Waals surface area contributed by atoms with Crippen LogP contribution >= 0.6 is 0 Å². The summed E-state index contributed by atoms with van der Waals surface area (Å²) in [6.45, 7) is 7.00. The predicted molar refractivity (Wildman–Crippen MR) is 56.3 cm³/mol. The zero-order valence-electron chi connectivity index (χ0n) is 9.96. The first kappa shape index (κ1) is 13.9. The van der Waals surface area contributed by atoms with Crippen molar-refractivity contribution in [2.24, 2.45) is 0 Å². The summed E-state index contributed by atoms with van der Waals surface area (Å²) in [6.07, 6.45) is 2.08. The second kappa shape index (κ2) is 6.43. The third-order valence-corrected chi connectivity index (χ3v) is 1.51. The van der Waals surface area contributed by atoms with E-state index in [4.69, 9.17) is 9.47 Å². The SMILES string of the molecule is CCCCC(=O)OCC(=O)OC(C)(C)C. The first-order valence-corrected chi connectivity index (χ1v) is 5.22. The van der Waals surface area contributed by atoms with Crippen molar-refractivity contribution in [1.82, 2.24) is 0 Å². The quantitative estimate of drug-likeness (QED) is 0.660. The van der Waals surface area contributed by atoms with E-state index in [1.807, 2.05) is 6.92 Å². The number of esters is 2. The van der Waals surface area contributed by atoms with Gasteiger partial charge in [-0.25, -0.2) is 4.79 Å². The molecule has 0 aromatic heterocycles. The maximum Gasteiger partial charge on any atom is 0.344 e. The lowest BCUT2D eigenvalue weighted by atomic mass is 10.2. The molecule has 0 radical (unpaired) electrons. The van der Waals surface area contributed by atoms with Gasteiger partial charge in [-0.15, -0.1) is 0 Å². The van der Waals surface area contributed by atoms with Crippen molar-refractivity contribution in [3.05, 3.63) is 0 Å². The average molecular weight is 216 g/mol. The van der Waals surface area contributed by atoms with E-state index in [-0.39, 0.29) is 12.6 Å². The third kappa shape index (κ3) is 9.25. The zero-order chi connectivity index (χ0) is 11.9. The van der Waals surface area contributed by atoms with Crippen molar-refractivity contribution in [2.45, 2.75) is 52.6 Å². The Morgan fingerprint density at radius 2 is 1.73 bits per heavy atom. The van der Waals surface area contributed by atoms with Gasteiger partial charge in [-0.05, 0) is 27.2 Å². The van der Waals surface area contributed by atoms with E-state index < -0.39 is 11.6 Å². The van der Waals surface area contributed by atoms with Gasteiger partial charge in [0, 0.05) is 6.42 Å². The van der Waals surface area contributed by atoms with Crippen LogP contribution in [0, 0.1) is 0 Å². The number of carbonyl (C=O) groups excluding carboxylic acids is 2. The standard InChI is InChI=1S/C11H20O4/c1-5-6-7-9(12)14-8-10(13)15-11(2,3)4/h5-8H2,1-4H3. The minimum absolute atomic E-state index is 0.292. The second-order valence-corrected chi connectivity index (χ2v) is 4.35. The van der Waals surface area contributed by atoms with Gasteiger partial charge in [0.1, 0.15) is 5.60 Å². The summed E-state index contributed by atoms with van der Waals surface area (Å²) >= 11 is 0. The molecule has 15 heavy (non-hydrogen) atoms. The molecule has 0 bridgehead atoms. The Balaban J connectivity index is 3.67. The van der Waals surface area contributed by atoms with Crippen LogP contribution in [0.4, 0.5) is 0 Å². The van der Waals surface area contributed by atoms with Gasteiger partial charge in [0.25, 0.3) is 0 Å². The highest BCUT2D eigenvalue weighted by Gasteiger charge is 2.17. The fraction of sp³-hybridized carbons (Fsp3) is 0.818. The largest absolute Gasteiger partial charge is 0.457 e. The first-order valence-electron chi connectivity index (χ1n) is 5.22. The Labute approximate surface area is 90.9 Å². The monoisotopic (exact) mass is 216 g/mol. The summed E-state index contributed by atoms with van der Waals surface area (Å²) in [5.74, 6) is -0.852. The minimum atomic E-state index is -0.535. The molecule has 0 aliphatic carbocycles. The van der Waals surface area contributed by atoms with Crippen LogP contribution in [-0.2, 0) is 19.1 Å². The molecule has 4 heteroatoms. The zero-order valence-corrected chi connectivity index (χ0v) is 9.96. The fourth-order valence-electron chi connectivity index (χ4n) is 0.904. The third-order valence-electron chi connectivity index (χ3n) is 1.51. The number of rotatable bonds is 5. The van der Waals surface area contributed by atoms with E-state index in [1.165, 1.54) is 0 Å². The molecule has 0 atom stereocenters. The van der Waals surface area contributed by atoms with Gasteiger partial charge in [-0.2, -0.15) is 0 Å². The Bertz CT molecular complexity index is 215. The molecule has 0 spiro atoms. The number of unbranched alkanes of at least 4 members (excludes halogenated alkanes) is 1. The molecule has 0 N–H and O–H groups in total. The van der Waals surface area contributed by atoms with Crippen LogP contribution < -0.4 is 0 Å². The molecule has 0 saturated carbocycles. The second-order valence-electron chi connectivity index (χ2n) is 4.35. The van der Waals surface area contributed by atoms with Crippen LogP contribution in [-0.4, -0.2) is 24.1 Å². The number of hydrogen-bond acceptors (Lipinski definition) is 4. The van der Waals surface area contributed by atoms with Crippen molar-refractivity contribution in [3.8, 4) is 0 Å². The maximum absolute atomic E-state index is 11.1. The average Bonchev–Trinajstić information content (AvgIpc) is 2.08. The highest BCUT2D eigenvalue weighted by molar-refractivity contribution is 5.76. The van der Waals surface area contributed by atoms with Crippen molar-refractivity contribution < 1.29 is 19.1 Å². The van der Waals surface area contributed by atoms with Gasteiger partial charge in [0.05, 0.1) is 0 Å². The molecule has 0 aromatic carbocycles. The van der Waals surface area contributed by atoms with Gasteiger partial charge in [-0.3, -0.25) is 4.79 Å². The Kier molecular flexibility index (Phi) is 5.97. The molecule has 4 nitrogen and oxygen atoms in total. The van der Waals surface area contributed by atoms with E-state index in [2.05, 4.69) is 0 Å². The fourth-order valence-corrected chi connectivity index (χ4v) is 0.904. The predicted octanol–water partition coefficient (Wildman–Crippen LogP) is 2.06. The van der Waals surface area contributed by atoms with Crippen molar-refractivity contribution in [3.63, 3.8) is 0 Å². The molecule has 0 aromatic rings. The van der Waals surface area contributed by atoms with E-state index >= 15 is 0 Å². The lowest BCUT2D eigenvalue weighted by Gasteiger charge is -2.19.